The summed E-state index contributed by atoms with van der Waals surface area (Å²) in [6, 6.07) is 6.02. The Kier molecular flexibility index (Phi) is 4.91. The molecule has 0 aliphatic rings. The molecule has 0 heterocycles. The van der Waals surface area contributed by atoms with Crippen LogP contribution in [-0.4, -0.2) is 25.5 Å². The number of rotatable bonds is 3. The Hall–Kier alpha value is 0.430. The molecule has 0 aliphatic heterocycles. The molecule has 0 radical (unpaired) electrons. The maximum atomic E-state index is 6.01. The quantitative estimate of drug-likeness (QED) is 0.748. The monoisotopic (exact) mass is 339 g/mol. The first-order valence-corrected chi connectivity index (χ1v) is 6.33. The highest BCUT2D eigenvalue weighted by atomic mass is 79.9. The summed E-state index contributed by atoms with van der Waals surface area (Å²) in [5.41, 5.74) is 1.20. The van der Waals surface area contributed by atoms with Crippen LogP contribution in [0.5, 0.6) is 0 Å². The third-order valence-corrected chi connectivity index (χ3v) is 3.88. The molecule has 78 valence electrons. The number of benzene rings is 1. The molecule has 0 saturated heterocycles. The van der Waals surface area contributed by atoms with Gasteiger partial charge in [-0.05, 0) is 47.7 Å². The van der Waals surface area contributed by atoms with E-state index in [4.69, 9.17) is 11.6 Å². The van der Waals surface area contributed by atoms with E-state index in [0.717, 1.165) is 16.0 Å². The van der Waals surface area contributed by atoms with Gasteiger partial charge in [0.2, 0.25) is 0 Å². The third kappa shape index (κ3) is 3.54. The van der Waals surface area contributed by atoms with Gasteiger partial charge in [0.05, 0.1) is 9.85 Å². The molecule has 1 atom stereocenters. The zero-order valence-corrected chi connectivity index (χ0v) is 12.0. The molecule has 0 aliphatic carbocycles. The second-order valence-electron chi connectivity index (χ2n) is 3.40. The first kappa shape index (κ1) is 12.5. The molecule has 0 saturated carbocycles. The second kappa shape index (κ2) is 5.50. The van der Waals surface area contributed by atoms with Gasteiger partial charge >= 0.3 is 0 Å². The molecule has 0 N–H and O–H groups in total. The van der Waals surface area contributed by atoms with Crippen LogP contribution in [0, 0.1) is 0 Å². The molecule has 0 amide bonds. The highest BCUT2D eigenvalue weighted by Gasteiger charge is 2.09. The van der Waals surface area contributed by atoms with Crippen LogP contribution in [0.3, 0.4) is 0 Å². The maximum Gasteiger partial charge on any atom is 0.0551 e. The van der Waals surface area contributed by atoms with Gasteiger partial charge < -0.3 is 4.90 Å². The standard InChI is InChI=1S/C10H12Br2ClN/c1-14(2)6-9(12)7-3-4-8(11)10(13)5-7/h3-5,9H,6H2,1-2H3. The van der Waals surface area contributed by atoms with Gasteiger partial charge in [-0.25, -0.2) is 0 Å². The molecule has 1 aromatic carbocycles. The van der Waals surface area contributed by atoms with Crippen LogP contribution < -0.4 is 0 Å². The van der Waals surface area contributed by atoms with E-state index < -0.39 is 0 Å². The first-order chi connectivity index (χ1) is 6.50. The lowest BCUT2D eigenvalue weighted by molar-refractivity contribution is 0.412. The highest BCUT2D eigenvalue weighted by molar-refractivity contribution is 9.10. The average molecular weight is 341 g/mol. The van der Waals surface area contributed by atoms with Crippen LogP contribution in [0.15, 0.2) is 22.7 Å². The Morgan fingerprint density at radius 2 is 2.07 bits per heavy atom. The molecular weight excluding hydrogens is 329 g/mol. The fraction of sp³-hybridized carbons (Fsp3) is 0.400. The van der Waals surface area contributed by atoms with E-state index in [1.54, 1.807) is 0 Å². The predicted molar refractivity (Wildman–Crippen MR) is 69.4 cm³/mol. The second-order valence-corrected chi connectivity index (χ2v) is 5.77. The van der Waals surface area contributed by atoms with Crippen molar-refractivity contribution in [2.45, 2.75) is 4.83 Å². The molecule has 1 nitrogen and oxygen atoms in total. The lowest BCUT2D eigenvalue weighted by atomic mass is 10.1. The smallest absolute Gasteiger partial charge is 0.0551 e. The Morgan fingerprint density at radius 3 is 2.57 bits per heavy atom. The summed E-state index contributed by atoms with van der Waals surface area (Å²) in [5.74, 6) is 0. The molecule has 0 aromatic heterocycles. The molecule has 1 aromatic rings. The van der Waals surface area contributed by atoms with E-state index in [-0.39, 0.29) is 0 Å². The van der Waals surface area contributed by atoms with Crippen LogP contribution in [0.1, 0.15) is 10.4 Å². The number of likely N-dealkylation sites (N-methyl/N-ethyl adjacent to an activating group) is 1. The van der Waals surface area contributed by atoms with Gasteiger partial charge in [0.25, 0.3) is 0 Å². The lowest BCUT2D eigenvalue weighted by Crippen LogP contribution is -2.16. The van der Waals surface area contributed by atoms with Crippen LogP contribution in [0.2, 0.25) is 5.02 Å². The van der Waals surface area contributed by atoms with E-state index in [0.29, 0.717) is 4.83 Å². The van der Waals surface area contributed by atoms with Crippen molar-refractivity contribution in [3.8, 4) is 0 Å². The van der Waals surface area contributed by atoms with Crippen LogP contribution in [0.25, 0.3) is 0 Å². The van der Waals surface area contributed by atoms with Crippen molar-refractivity contribution >= 4 is 43.5 Å². The summed E-state index contributed by atoms with van der Waals surface area (Å²) in [5, 5.41) is 0.755. The van der Waals surface area contributed by atoms with Gasteiger partial charge in [0, 0.05) is 11.0 Å². The van der Waals surface area contributed by atoms with Gasteiger partial charge in [0.1, 0.15) is 0 Å². The fourth-order valence-corrected chi connectivity index (χ4v) is 2.43. The number of hydrogen-bond donors (Lipinski definition) is 0. The van der Waals surface area contributed by atoms with Gasteiger partial charge in [-0.2, -0.15) is 0 Å². The first-order valence-electron chi connectivity index (χ1n) is 4.24. The van der Waals surface area contributed by atoms with Crippen LogP contribution in [-0.2, 0) is 0 Å². The molecule has 1 unspecified atom stereocenters. The minimum atomic E-state index is 0.322. The Balaban J connectivity index is 2.80. The molecular formula is C10H12Br2ClN. The highest BCUT2D eigenvalue weighted by Crippen LogP contribution is 2.29. The van der Waals surface area contributed by atoms with Crippen LogP contribution in [0.4, 0.5) is 0 Å². The summed E-state index contributed by atoms with van der Waals surface area (Å²) < 4.78 is 0.937. The van der Waals surface area contributed by atoms with Crippen molar-refractivity contribution < 1.29 is 0 Å². The summed E-state index contributed by atoms with van der Waals surface area (Å²) >= 11 is 13.0. The SMILES string of the molecule is CN(C)CC(Br)c1ccc(Br)c(Cl)c1. The largest absolute Gasteiger partial charge is 0.308 e. The van der Waals surface area contributed by atoms with Gasteiger partial charge in [-0.15, -0.1) is 0 Å². The van der Waals surface area contributed by atoms with E-state index in [1.807, 2.05) is 12.1 Å². The Bertz CT molecular complexity index is 315. The fourth-order valence-electron chi connectivity index (χ4n) is 1.13. The van der Waals surface area contributed by atoms with Crippen molar-refractivity contribution in [2.75, 3.05) is 20.6 Å². The molecule has 0 fully saturated rings. The van der Waals surface area contributed by atoms with Crippen molar-refractivity contribution in [3.05, 3.63) is 33.3 Å². The summed E-state index contributed by atoms with van der Waals surface area (Å²) in [7, 11) is 4.10. The number of halogens is 3. The van der Waals surface area contributed by atoms with Crippen molar-refractivity contribution in [3.63, 3.8) is 0 Å². The number of alkyl halides is 1. The minimum absolute atomic E-state index is 0.322. The Morgan fingerprint density at radius 1 is 1.43 bits per heavy atom. The van der Waals surface area contributed by atoms with E-state index in [2.05, 4.69) is 56.9 Å². The van der Waals surface area contributed by atoms with E-state index >= 15 is 0 Å². The zero-order chi connectivity index (χ0) is 10.7. The Labute approximate surface area is 107 Å². The summed E-state index contributed by atoms with van der Waals surface area (Å²) in [4.78, 5) is 2.46. The van der Waals surface area contributed by atoms with Crippen molar-refractivity contribution in [1.82, 2.24) is 4.90 Å². The summed E-state index contributed by atoms with van der Waals surface area (Å²) in [6.07, 6.45) is 0. The van der Waals surface area contributed by atoms with E-state index in [9.17, 15) is 0 Å². The average Bonchev–Trinajstić information content (AvgIpc) is 2.08. The topological polar surface area (TPSA) is 3.24 Å². The molecule has 4 heteroatoms. The summed E-state index contributed by atoms with van der Waals surface area (Å²) in [6.45, 7) is 0.956. The van der Waals surface area contributed by atoms with Crippen LogP contribution >= 0.6 is 43.5 Å². The third-order valence-electron chi connectivity index (χ3n) is 1.83. The maximum absolute atomic E-state index is 6.01. The predicted octanol–water partition coefficient (Wildman–Crippen LogP) is 4.10. The van der Waals surface area contributed by atoms with Crippen molar-refractivity contribution in [1.29, 1.82) is 0 Å². The molecule has 1 rings (SSSR count). The lowest BCUT2D eigenvalue weighted by Gasteiger charge is -2.16. The van der Waals surface area contributed by atoms with Gasteiger partial charge in [-0.3, -0.25) is 0 Å². The van der Waals surface area contributed by atoms with E-state index in [1.165, 1.54) is 5.56 Å². The van der Waals surface area contributed by atoms with Gasteiger partial charge in [0.15, 0.2) is 0 Å². The van der Waals surface area contributed by atoms with Crippen molar-refractivity contribution in [2.24, 2.45) is 0 Å². The molecule has 0 spiro atoms. The number of nitrogens with zero attached hydrogens (tertiary/aromatic N) is 1. The zero-order valence-electron chi connectivity index (χ0n) is 8.10. The minimum Gasteiger partial charge on any atom is -0.308 e. The number of hydrogen-bond acceptors (Lipinski definition) is 1. The molecule has 14 heavy (non-hydrogen) atoms. The normalized spacial score (nSPS) is 13.3. The molecule has 0 bridgehead atoms. The van der Waals surface area contributed by atoms with Gasteiger partial charge in [-0.1, -0.05) is 33.6 Å².